The standard InChI is InChI=1S/C16H15ClN2O2/c17-10-15(18)19-14-3-1-2-13(9-14)12-6-4-11(5-7-12)8-16(20)21/h1-7,9H,8,10H2,(H2,18,19)(H,20,21). The predicted molar refractivity (Wildman–Crippen MR) is 85.2 cm³/mol. The predicted octanol–water partition coefficient (Wildman–Crippen LogP) is 3.21. The number of halogens is 1. The third-order valence-corrected chi connectivity index (χ3v) is 3.17. The first-order valence-corrected chi connectivity index (χ1v) is 6.92. The van der Waals surface area contributed by atoms with Crippen molar-refractivity contribution in [3.8, 4) is 11.1 Å². The zero-order valence-electron chi connectivity index (χ0n) is 11.3. The van der Waals surface area contributed by atoms with Crippen LogP contribution in [0.5, 0.6) is 0 Å². The number of carboxylic acid groups (broad SMARTS) is 1. The monoisotopic (exact) mass is 302 g/mol. The lowest BCUT2D eigenvalue weighted by Gasteiger charge is -2.05. The van der Waals surface area contributed by atoms with Crippen LogP contribution in [0.1, 0.15) is 5.56 Å². The van der Waals surface area contributed by atoms with E-state index in [1.54, 1.807) is 0 Å². The molecule has 2 aromatic rings. The van der Waals surface area contributed by atoms with Crippen molar-refractivity contribution in [3.05, 3.63) is 54.1 Å². The molecule has 4 nitrogen and oxygen atoms in total. The van der Waals surface area contributed by atoms with E-state index in [4.69, 9.17) is 22.4 Å². The Hall–Kier alpha value is -2.33. The van der Waals surface area contributed by atoms with Crippen LogP contribution in [0.4, 0.5) is 5.69 Å². The summed E-state index contributed by atoms with van der Waals surface area (Å²) in [5.74, 6) is -0.282. The van der Waals surface area contributed by atoms with Gasteiger partial charge in [-0.3, -0.25) is 4.79 Å². The molecule has 5 heteroatoms. The van der Waals surface area contributed by atoms with Gasteiger partial charge >= 0.3 is 5.97 Å². The highest BCUT2D eigenvalue weighted by atomic mass is 35.5. The van der Waals surface area contributed by atoms with E-state index in [0.717, 1.165) is 22.4 Å². The summed E-state index contributed by atoms with van der Waals surface area (Å²) in [5, 5.41) is 8.76. The molecule has 3 N–H and O–H groups in total. The maximum atomic E-state index is 10.7. The van der Waals surface area contributed by atoms with Gasteiger partial charge in [-0.2, -0.15) is 0 Å². The van der Waals surface area contributed by atoms with Crippen LogP contribution in [0.2, 0.25) is 0 Å². The number of carbonyl (C=O) groups is 1. The normalized spacial score (nSPS) is 11.4. The first-order chi connectivity index (χ1) is 10.1. The molecule has 0 heterocycles. The van der Waals surface area contributed by atoms with Crippen LogP contribution in [-0.2, 0) is 11.2 Å². The molecule has 0 unspecified atom stereocenters. The number of carboxylic acids is 1. The average molecular weight is 303 g/mol. The Kier molecular flexibility index (Phi) is 4.95. The van der Waals surface area contributed by atoms with Crippen molar-refractivity contribution in [1.82, 2.24) is 0 Å². The van der Waals surface area contributed by atoms with Crippen molar-refractivity contribution in [2.45, 2.75) is 6.42 Å². The molecule has 0 aliphatic heterocycles. The van der Waals surface area contributed by atoms with E-state index >= 15 is 0 Å². The van der Waals surface area contributed by atoms with Gasteiger partial charge in [0, 0.05) is 0 Å². The number of hydrogen-bond donors (Lipinski definition) is 2. The van der Waals surface area contributed by atoms with Gasteiger partial charge < -0.3 is 10.8 Å². The lowest BCUT2D eigenvalue weighted by molar-refractivity contribution is -0.136. The summed E-state index contributed by atoms with van der Waals surface area (Å²) in [6, 6.07) is 15.0. The van der Waals surface area contributed by atoms with E-state index in [0.29, 0.717) is 5.84 Å². The SMILES string of the molecule is NC(CCl)=Nc1cccc(-c2ccc(CC(=O)O)cc2)c1. The summed E-state index contributed by atoms with van der Waals surface area (Å²) in [6.45, 7) is 0. The molecule has 0 saturated carbocycles. The van der Waals surface area contributed by atoms with Crippen LogP contribution >= 0.6 is 11.6 Å². The third-order valence-electron chi connectivity index (χ3n) is 2.90. The molecule has 0 bridgehead atoms. The van der Waals surface area contributed by atoms with Gasteiger partial charge in [0.25, 0.3) is 0 Å². The minimum atomic E-state index is -0.837. The molecule has 0 radical (unpaired) electrons. The molecule has 0 saturated heterocycles. The van der Waals surface area contributed by atoms with Crippen LogP contribution in [0.15, 0.2) is 53.5 Å². The number of hydrogen-bond acceptors (Lipinski definition) is 2. The van der Waals surface area contributed by atoms with E-state index in [2.05, 4.69) is 4.99 Å². The molecule has 0 atom stereocenters. The summed E-state index contributed by atoms with van der Waals surface area (Å²) in [7, 11) is 0. The summed E-state index contributed by atoms with van der Waals surface area (Å²) in [4.78, 5) is 14.9. The molecule has 2 rings (SSSR count). The Bertz CT molecular complexity index is 666. The molecular weight excluding hydrogens is 288 g/mol. The van der Waals surface area contributed by atoms with Crippen molar-refractivity contribution in [2.75, 3.05) is 5.88 Å². The van der Waals surface area contributed by atoms with Crippen molar-refractivity contribution < 1.29 is 9.90 Å². The minimum absolute atomic E-state index is 0.0247. The second kappa shape index (κ2) is 6.90. The Morgan fingerprint density at radius 2 is 1.86 bits per heavy atom. The van der Waals surface area contributed by atoms with Crippen LogP contribution in [0, 0.1) is 0 Å². The second-order valence-electron chi connectivity index (χ2n) is 4.55. The van der Waals surface area contributed by atoms with Crippen LogP contribution in [-0.4, -0.2) is 22.8 Å². The Morgan fingerprint density at radius 1 is 1.14 bits per heavy atom. The number of benzene rings is 2. The van der Waals surface area contributed by atoms with Gasteiger partial charge in [-0.1, -0.05) is 36.4 Å². The fraction of sp³-hybridized carbons (Fsp3) is 0.125. The smallest absolute Gasteiger partial charge is 0.307 e. The lowest BCUT2D eigenvalue weighted by Crippen LogP contribution is -2.12. The van der Waals surface area contributed by atoms with Crippen molar-refractivity contribution >= 4 is 29.1 Å². The largest absolute Gasteiger partial charge is 0.481 e. The average Bonchev–Trinajstić information content (AvgIpc) is 2.47. The number of rotatable bonds is 5. The Balaban J connectivity index is 2.25. The number of nitrogens with two attached hydrogens (primary N) is 1. The third kappa shape index (κ3) is 4.33. The van der Waals surface area contributed by atoms with Crippen LogP contribution in [0.25, 0.3) is 11.1 Å². The number of nitrogens with zero attached hydrogens (tertiary/aromatic N) is 1. The molecule has 0 amide bonds. The van der Waals surface area contributed by atoms with Gasteiger partial charge in [-0.25, -0.2) is 4.99 Å². The van der Waals surface area contributed by atoms with Gasteiger partial charge in [-0.05, 0) is 28.8 Å². The minimum Gasteiger partial charge on any atom is -0.481 e. The molecule has 0 spiro atoms. The first-order valence-electron chi connectivity index (χ1n) is 6.38. The Labute approximate surface area is 127 Å². The van der Waals surface area contributed by atoms with Crippen molar-refractivity contribution in [1.29, 1.82) is 0 Å². The van der Waals surface area contributed by atoms with E-state index in [9.17, 15) is 4.79 Å². The van der Waals surface area contributed by atoms with E-state index in [-0.39, 0.29) is 12.3 Å². The van der Waals surface area contributed by atoms with E-state index < -0.39 is 5.97 Å². The van der Waals surface area contributed by atoms with Gasteiger partial charge in [0.1, 0.15) is 5.84 Å². The number of aliphatic imine (C=N–C) groups is 1. The molecule has 0 aromatic heterocycles. The Morgan fingerprint density at radius 3 is 2.48 bits per heavy atom. The lowest BCUT2D eigenvalue weighted by atomic mass is 10.0. The molecule has 2 aromatic carbocycles. The number of amidine groups is 1. The molecule has 0 aliphatic rings. The zero-order chi connectivity index (χ0) is 15.2. The number of alkyl halides is 1. The van der Waals surface area contributed by atoms with E-state index in [1.807, 2.05) is 48.5 Å². The highest BCUT2D eigenvalue weighted by Gasteiger charge is 2.03. The fourth-order valence-electron chi connectivity index (χ4n) is 1.94. The summed E-state index contributed by atoms with van der Waals surface area (Å²) in [5.41, 5.74) is 9.11. The highest BCUT2D eigenvalue weighted by molar-refractivity contribution is 6.28. The molecule has 0 aliphatic carbocycles. The van der Waals surface area contributed by atoms with E-state index in [1.165, 1.54) is 0 Å². The molecule has 108 valence electrons. The fourth-order valence-corrected chi connectivity index (χ4v) is 2.00. The van der Waals surface area contributed by atoms with Crippen LogP contribution in [0.3, 0.4) is 0 Å². The summed E-state index contributed by atoms with van der Waals surface area (Å²) in [6.07, 6.45) is 0.0247. The van der Waals surface area contributed by atoms with Crippen LogP contribution < -0.4 is 5.73 Å². The van der Waals surface area contributed by atoms with Gasteiger partial charge in [0.15, 0.2) is 0 Å². The van der Waals surface area contributed by atoms with Gasteiger partial charge in [0.2, 0.25) is 0 Å². The highest BCUT2D eigenvalue weighted by Crippen LogP contribution is 2.24. The maximum Gasteiger partial charge on any atom is 0.307 e. The van der Waals surface area contributed by atoms with Crippen molar-refractivity contribution in [2.24, 2.45) is 10.7 Å². The maximum absolute atomic E-state index is 10.7. The van der Waals surface area contributed by atoms with Gasteiger partial charge in [-0.15, -0.1) is 11.6 Å². The first kappa shape index (κ1) is 15.1. The molecule has 0 fully saturated rings. The topological polar surface area (TPSA) is 75.7 Å². The molecule has 21 heavy (non-hydrogen) atoms. The number of aliphatic carboxylic acids is 1. The zero-order valence-corrected chi connectivity index (χ0v) is 12.0. The van der Waals surface area contributed by atoms with Gasteiger partial charge in [0.05, 0.1) is 18.0 Å². The van der Waals surface area contributed by atoms with Crippen molar-refractivity contribution in [3.63, 3.8) is 0 Å². The summed E-state index contributed by atoms with van der Waals surface area (Å²) >= 11 is 5.61. The molecular formula is C16H15ClN2O2. The summed E-state index contributed by atoms with van der Waals surface area (Å²) < 4.78 is 0. The quantitative estimate of drug-likeness (QED) is 0.506. The second-order valence-corrected chi connectivity index (χ2v) is 4.82.